The van der Waals surface area contributed by atoms with Crippen LogP contribution in [-0.4, -0.2) is 55.3 Å². The molecule has 1 amide bonds. The van der Waals surface area contributed by atoms with Crippen LogP contribution in [0.25, 0.3) is 0 Å². The Kier molecular flexibility index (Phi) is 4.93. The summed E-state index contributed by atoms with van der Waals surface area (Å²) in [6.45, 7) is 4.39. The van der Waals surface area contributed by atoms with Crippen molar-refractivity contribution in [3.63, 3.8) is 0 Å². The Hall–Kier alpha value is -2.73. The molecule has 2 aliphatic heterocycles. The molecule has 0 aromatic heterocycles. The minimum Gasteiger partial charge on any atom is -0.484 e. The quantitative estimate of drug-likeness (QED) is 0.823. The van der Waals surface area contributed by atoms with Crippen LogP contribution in [0.15, 0.2) is 48.5 Å². The molecular weight excluding hydrogens is 332 g/mol. The van der Waals surface area contributed by atoms with E-state index in [0.717, 1.165) is 50.0 Å². The number of nitrogens with zero attached hydrogens (tertiary/aromatic N) is 2. The second kappa shape index (κ2) is 7.66. The molecule has 0 radical (unpaired) electrons. The van der Waals surface area contributed by atoms with Crippen LogP contribution >= 0.6 is 0 Å². The Balaban J connectivity index is 1.24. The smallest absolute Gasteiger partial charge is 0.260 e. The van der Waals surface area contributed by atoms with Crippen molar-refractivity contribution >= 4 is 5.91 Å². The molecule has 6 heteroatoms. The maximum atomic E-state index is 12.3. The number of carbonyl (C=O) groups excluding carboxylic acids is 1. The molecular formula is C20H22N2O4. The minimum absolute atomic E-state index is 0.0385. The van der Waals surface area contributed by atoms with E-state index in [0.29, 0.717) is 6.79 Å². The number of hydrogen-bond donors (Lipinski definition) is 0. The van der Waals surface area contributed by atoms with Crippen molar-refractivity contribution in [3.05, 3.63) is 54.1 Å². The molecule has 4 rings (SSSR count). The van der Waals surface area contributed by atoms with Crippen LogP contribution in [0, 0.1) is 0 Å². The van der Waals surface area contributed by atoms with Crippen molar-refractivity contribution in [2.24, 2.45) is 0 Å². The second-order valence-electron chi connectivity index (χ2n) is 6.45. The highest BCUT2D eigenvalue weighted by Crippen LogP contribution is 2.32. The number of piperazine rings is 1. The Morgan fingerprint density at radius 1 is 0.962 bits per heavy atom. The van der Waals surface area contributed by atoms with Gasteiger partial charge in [0.15, 0.2) is 18.1 Å². The molecule has 0 aliphatic carbocycles. The lowest BCUT2D eigenvalue weighted by Gasteiger charge is -2.34. The van der Waals surface area contributed by atoms with Crippen molar-refractivity contribution in [1.29, 1.82) is 0 Å². The van der Waals surface area contributed by atoms with Gasteiger partial charge >= 0.3 is 0 Å². The van der Waals surface area contributed by atoms with Crippen molar-refractivity contribution in [1.82, 2.24) is 9.80 Å². The predicted octanol–water partition coefficient (Wildman–Crippen LogP) is 2.14. The highest BCUT2D eigenvalue weighted by Gasteiger charge is 2.22. The van der Waals surface area contributed by atoms with Crippen LogP contribution in [0.1, 0.15) is 5.56 Å². The lowest BCUT2D eigenvalue weighted by molar-refractivity contribution is -0.135. The topological polar surface area (TPSA) is 51.2 Å². The fourth-order valence-corrected chi connectivity index (χ4v) is 3.21. The van der Waals surface area contributed by atoms with E-state index in [1.165, 1.54) is 5.56 Å². The molecule has 26 heavy (non-hydrogen) atoms. The van der Waals surface area contributed by atoms with Gasteiger partial charge in [-0.05, 0) is 29.8 Å². The van der Waals surface area contributed by atoms with Gasteiger partial charge in [-0.1, -0.05) is 24.3 Å². The number of fused-ring (bicyclic) bond motifs is 1. The SMILES string of the molecule is O=C(COc1ccccc1)N1CCN(Cc2ccc3c(c2)OCO3)CC1. The van der Waals surface area contributed by atoms with Gasteiger partial charge in [-0.3, -0.25) is 9.69 Å². The van der Waals surface area contributed by atoms with E-state index in [4.69, 9.17) is 14.2 Å². The third-order valence-electron chi connectivity index (χ3n) is 4.67. The molecule has 1 fully saturated rings. The third-order valence-corrected chi connectivity index (χ3v) is 4.67. The first-order chi connectivity index (χ1) is 12.8. The summed E-state index contributed by atoms with van der Waals surface area (Å²) in [5, 5.41) is 0. The van der Waals surface area contributed by atoms with Gasteiger partial charge in [-0.2, -0.15) is 0 Å². The average molecular weight is 354 g/mol. The largest absolute Gasteiger partial charge is 0.484 e. The maximum absolute atomic E-state index is 12.3. The first-order valence-corrected chi connectivity index (χ1v) is 8.84. The number of para-hydroxylation sites is 1. The standard InChI is InChI=1S/C20H22N2O4/c23-20(14-24-17-4-2-1-3-5-17)22-10-8-21(9-11-22)13-16-6-7-18-19(12-16)26-15-25-18/h1-7,12H,8-11,13-15H2. The number of carbonyl (C=O) groups is 1. The summed E-state index contributed by atoms with van der Waals surface area (Å²) >= 11 is 0. The molecule has 0 bridgehead atoms. The highest BCUT2D eigenvalue weighted by molar-refractivity contribution is 5.77. The third kappa shape index (κ3) is 3.91. The molecule has 0 saturated carbocycles. The molecule has 0 atom stereocenters. The van der Waals surface area contributed by atoms with E-state index >= 15 is 0 Å². The summed E-state index contributed by atoms with van der Waals surface area (Å²) in [4.78, 5) is 16.5. The minimum atomic E-state index is 0.0385. The van der Waals surface area contributed by atoms with E-state index in [9.17, 15) is 4.79 Å². The van der Waals surface area contributed by atoms with Gasteiger partial charge in [0.25, 0.3) is 5.91 Å². The molecule has 136 valence electrons. The van der Waals surface area contributed by atoms with Crippen molar-refractivity contribution < 1.29 is 19.0 Å². The van der Waals surface area contributed by atoms with Crippen molar-refractivity contribution in [3.8, 4) is 17.2 Å². The van der Waals surface area contributed by atoms with Gasteiger partial charge in [0.2, 0.25) is 6.79 Å². The Labute approximate surface area is 152 Å². The summed E-state index contributed by atoms with van der Waals surface area (Å²) in [5.41, 5.74) is 1.20. The van der Waals surface area contributed by atoms with Crippen LogP contribution in [0.2, 0.25) is 0 Å². The molecule has 2 heterocycles. The van der Waals surface area contributed by atoms with Crippen LogP contribution < -0.4 is 14.2 Å². The summed E-state index contributed by atoms with van der Waals surface area (Å²) < 4.78 is 16.3. The monoisotopic (exact) mass is 354 g/mol. The van der Waals surface area contributed by atoms with Crippen LogP contribution in [0.5, 0.6) is 17.2 Å². The van der Waals surface area contributed by atoms with Gasteiger partial charge in [-0.15, -0.1) is 0 Å². The number of amides is 1. The molecule has 2 aromatic rings. The number of ether oxygens (including phenoxy) is 3. The molecule has 0 N–H and O–H groups in total. The van der Waals surface area contributed by atoms with E-state index in [1.807, 2.05) is 47.4 Å². The first-order valence-electron chi connectivity index (χ1n) is 8.84. The molecule has 2 aliphatic rings. The summed E-state index contributed by atoms with van der Waals surface area (Å²) in [6.07, 6.45) is 0. The number of hydrogen-bond acceptors (Lipinski definition) is 5. The maximum Gasteiger partial charge on any atom is 0.260 e. The van der Waals surface area contributed by atoms with Crippen LogP contribution in [0.3, 0.4) is 0 Å². The predicted molar refractivity (Wildman–Crippen MR) is 96.4 cm³/mol. The Morgan fingerprint density at radius 2 is 1.73 bits per heavy atom. The van der Waals surface area contributed by atoms with Gasteiger partial charge in [-0.25, -0.2) is 0 Å². The van der Waals surface area contributed by atoms with Crippen LogP contribution in [0.4, 0.5) is 0 Å². The average Bonchev–Trinajstić information content (AvgIpc) is 3.15. The highest BCUT2D eigenvalue weighted by atomic mass is 16.7. The zero-order valence-corrected chi connectivity index (χ0v) is 14.6. The van der Waals surface area contributed by atoms with E-state index in [1.54, 1.807) is 0 Å². The number of rotatable bonds is 5. The van der Waals surface area contributed by atoms with Gasteiger partial charge in [0.1, 0.15) is 5.75 Å². The fourth-order valence-electron chi connectivity index (χ4n) is 3.21. The molecule has 6 nitrogen and oxygen atoms in total. The number of benzene rings is 2. The Morgan fingerprint density at radius 3 is 2.54 bits per heavy atom. The lowest BCUT2D eigenvalue weighted by Crippen LogP contribution is -2.49. The zero-order chi connectivity index (χ0) is 17.8. The fraction of sp³-hybridized carbons (Fsp3) is 0.350. The van der Waals surface area contributed by atoms with E-state index in [2.05, 4.69) is 11.0 Å². The van der Waals surface area contributed by atoms with Crippen molar-refractivity contribution in [2.75, 3.05) is 39.6 Å². The zero-order valence-electron chi connectivity index (χ0n) is 14.6. The van der Waals surface area contributed by atoms with E-state index in [-0.39, 0.29) is 12.5 Å². The van der Waals surface area contributed by atoms with Gasteiger partial charge in [0, 0.05) is 32.7 Å². The molecule has 2 aromatic carbocycles. The summed E-state index contributed by atoms with van der Waals surface area (Å²) in [6, 6.07) is 15.5. The van der Waals surface area contributed by atoms with Gasteiger partial charge < -0.3 is 19.1 Å². The van der Waals surface area contributed by atoms with Crippen LogP contribution in [-0.2, 0) is 11.3 Å². The summed E-state index contributed by atoms with van der Waals surface area (Å²) in [5.74, 6) is 2.39. The normalized spacial score (nSPS) is 16.5. The molecule has 1 saturated heterocycles. The Bertz CT molecular complexity index is 758. The lowest BCUT2D eigenvalue weighted by atomic mass is 10.1. The molecule has 0 spiro atoms. The van der Waals surface area contributed by atoms with E-state index < -0.39 is 0 Å². The first kappa shape index (κ1) is 16.7. The molecule has 0 unspecified atom stereocenters. The summed E-state index contributed by atoms with van der Waals surface area (Å²) in [7, 11) is 0. The second-order valence-corrected chi connectivity index (χ2v) is 6.45. The van der Waals surface area contributed by atoms with Crippen molar-refractivity contribution in [2.45, 2.75) is 6.54 Å². The van der Waals surface area contributed by atoms with Gasteiger partial charge in [0.05, 0.1) is 0 Å².